The highest BCUT2D eigenvalue weighted by molar-refractivity contribution is 7.86. The number of rotatable bonds is 3. The number of carbonyl (C=O) groups excluding carboxylic acids is 1. The van der Waals surface area contributed by atoms with Gasteiger partial charge in [0.25, 0.3) is 10.2 Å². The minimum absolute atomic E-state index is 0.0532. The summed E-state index contributed by atoms with van der Waals surface area (Å²) in [6.07, 6.45) is 5.50. The second-order valence-corrected chi connectivity index (χ2v) is 9.68. The van der Waals surface area contributed by atoms with Crippen LogP contribution in [0.4, 0.5) is 4.79 Å². The van der Waals surface area contributed by atoms with Crippen LogP contribution in [0.3, 0.4) is 0 Å². The van der Waals surface area contributed by atoms with Crippen LogP contribution in [0.25, 0.3) is 0 Å². The van der Waals surface area contributed by atoms with Gasteiger partial charge >= 0.3 is 6.03 Å². The summed E-state index contributed by atoms with van der Waals surface area (Å²) in [5.41, 5.74) is 0. The van der Waals surface area contributed by atoms with E-state index in [-0.39, 0.29) is 24.3 Å². The average molecular weight is 389 g/mol. The molecule has 0 aromatic carbocycles. The highest BCUT2D eigenvalue weighted by Gasteiger charge is 2.37. The Bertz CT molecular complexity index is 576. The normalized spacial score (nSPS) is 30.3. The molecule has 0 spiro atoms. The van der Waals surface area contributed by atoms with Crippen molar-refractivity contribution in [2.24, 2.45) is 0 Å². The molecule has 8 nitrogen and oxygen atoms in total. The summed E-state index contributed by atoms with van der Waals surface area (Å²) in [7, 11) is -3.50. The number of carbonyl (C=O) groups is 1. The van der Waals surface area contributed by atoms with Gasteiger partial charge in [0.1, 0.15) is 0 Å². The van der Waals surface area contributed by atoms with Crippen molar-refractivity contribution in [1.29, 1.82) is 0 Å². The van der Waals surface area contributed by atoms with Crippen molar-refractivity contribution >= 4 is 16.2 Å². The van der Waals surface area contributed by atoms with E-state index in [2.05, 4.69) is 5.32 Å². The molecule has 1 aliphatic carbocycles. The van der Waals surface area contributed by atoms with E-state index < -0.39 is 10.2 Å². The van der Waals surface area contributed by atoms with Crippen molar-refractivity contribution in [2.45, 2.75) is 64.2 Å². The third-order valence-corrected chi connectivity index (χ3v) is 7.47. The van der Waals surface area contributed by atoms with Crippen molar-refractivity contribution in [1.82, 2.24) is 18.8 Å². The van der Waals surface area contributed by atoms with Crippen LogP contribution >= 0.6 is 0 Å². The van der Waals surface area contributed by atoms with Gasteiger partial charge in [0.05, 0.1) is 12.2 Å². The molecule has 9 heteroatoms. The molecule has 0 bridgehead atoms. The predicted molar refractivity (Wildman–Crippen MR) is 99.1 cm³/mol. The summed E-state index contributed by atoms with van der Waals surface area (Å²) in [6, 6.07) is 0.219. The number of piperazine rings is 1. The average Bonchev–Trinajstić information content (AvgIpc) is 2.62. The molecule has 2 saturated heterocycles. The maximum Gasteiger partial charge on any atom is 0.317 e. The summed E-state index contributed by atoms with van der Waals surface area (Å²) in [5.74, 6) is 0. The maximum absolute atomic E-state index is 12.9. The van der Waals surface area contributed by atoms with Gasteiger partial charge in [-0.05, 0) is 26.7 Å². The SMILES string of the molecule is C[C@H]1CN(S(=O)(=O)N2CCN(C(=O)NC3CCCCC3)CC2)C[C@H](C)O1. The van der Waals surface area contributed by atoms with Crippen LogP contribution in [0.5, 0.6) is 0 Å². The van der Waals surface area contributed by atoms with Crippen LogP contribution in [-0.4, -0.2) is 85.5 Å². The Hall–Kier alpha value is -0.900. The first-order chi connectivity index (χ1) is 12.4. The molecule has 2 amide bonds. The van der Waals surface area contributed by atoms with Crippen molar-refractivity contribution in [3.63, 3.8) is 0 Å². The molecule has 0 aromatic heterocycles. The van der Waals surface area contributed by atoms with E-state index >= 15 is 0 Å². The fourth-order valence-corrected chi connectivity index (χ4v) is 5.87. The number of hydrogen-bond acceptors (Lipinski definition) is 4. The summed E-state index contributed by atoms with van der Waals surface area (Å²) < 4.78 is 34.5. The van der Waals surface area contributed by atoms with Crippen molar-refractivity contribution in [3.8, 4) is 0 Å². The number of amides is 2. The maximum atomic E-state index is 12.9. The van der Waals surface area contributed by atoms with Crippen LogP contribution < -0.4 is 5.32 Å². The number of nitrogens with zero attached hydrogens (tertiary/aromatic N) is 3. The lowest BCUT2D eigenvalue weighted by molar-refractivity contribution is -0.0456. The number of urea groups is 1. The molecule has 26 heavy (non-hydrogen) atoms. The van der Waals surface area contributed by atoms with Crippen LogP contribution in [-0.2, 0) is 14.9 Å². The number of nitrogens with one attached hydrogen (secondary N) is 1. The van der Waals surface area contributed by atoms with Gasteiger partial charge in [-0.25, -0.2) is 4.79 Å². The monoisotopic (exact) mass is 388 g/mol. The third-order valence-electron chi connectivity index (χ3n) is 5.50. The molecule has 0 aromatic rings. The number of hydrogen-bond donors (Lipinski definition) is 1. The molecule has 2 atom stereocenters. The largest absolute Gasteiger partial charge is 0.373 e. The quantitative estimate of drug-likeness (QED) is 0.782. The summed E-state index contributed by atoms with van der Waals surface area (Å²) in [4.78, 5) is 14.2. The Balaban J connectivity index is 1.51. The predicted octanol–water partition coefficient (Wildman–Crippen LogP) is 1.00. The van der Waals surface area contributed by atoms with E-state index in [4.69, 9.17) is 4.74 Å². The molecule has 3 aliphatic rings. The van der Waals surface area contributed by atoms with E-state index in [1.165, 1.54) is 27.9 Å². The molecule has 3 rings (SSSR count). The van der Waals surface area contributed by atoms with Crippen molar-refractivity contribution in [3.05, 3.63) is 0 Å². The Morgan fingerprint density at radius 2 is 1.50 bits per heavy atom. The topological polar surface area (TPSA) is 82.2 Å². The van der Waals surface area contributed by atoms with E-state index in [0.29, 0.717) is 39.3 Å². The third kappa shape index (κ3) is 4.68. The van der Waals surface area contributed by atoms with Gasteiger partial charge in [0, 0.05) is 45.3 Å². The Kier molecular flexibility index (Phi) is 6.42. The molecule has 150 valence electrons. The second-order valence-electron chi connectivity index (χ2n) is 7.75. The van der Waals surface area contributed by atoms with Gasteiger partial charge in [-0.1, -0.05) is 19.3 Å². The van der Waals surface area contributed by atoms with E-state index in [1.807, 2.05) is 13.8 Å². The van der Waals surface area contributed by atoms with Gasteiger partial charge in [0.15, 0.2) is 0 Å². The standard InChI is InChI=1S/C17H32N4O4S/c1-14-12-21(13-15(2)25-14)26(23,24)20-10-8-19(9-11-20)17(22)18-16-6-4-3-5-7-16/h14-16H,3-13H2,1-2H3,(H,18,22)/t14-,15-/m0/s1. The lowest BCUT2D eigenvalue weighted by Gasteiger charge is -2.40. The molecule has 0 radical (unpaired) electrons. The van der Waals surface area contributed by atoms with Gasteiger partial charge in [-0.2, -0.15) is 17.0 Å². The zero-order valence-corrected chi connectivity index (χ0v) is 16.7. The lowest BCUT2D eigenvalue weighted by atomic mass is 9.96. The molecule has 1 saturated carbocycles. The van der Waals surface area contributed by atoms with Crippen LogP contribution in [0.2, 0.25) is 0 Å². The summed E-state index contributed by atoms with van der Waals surface area (Å²) in [6.45, 7) is 6.13. The minimum Gasteiger partial charge on any atom is -0.373 e. The van der Waals surface area contributed by atoms with E-state index in [1.54, 1.807) is 4.90 Å². The fraction of sp³-hybridized carbons (Fsp3) is 0.941. The first kappa shape index (κ1) is 19.9. The highest BCUT2D eigenvalue weighted by atomic mass is 32.2. The number of ether oxygens (including phenoxy) is 1. The van der Waals surface area contributed by atoms with E-state index in [0.717, 1.165) is 12.8 Å². The highest BCUT2D eigenvalue weighted by Crippen LogP contribution is 2.20. The second kappa shape index (κ2) is 8.41. The molecule has 0 unspecified atom stereocenters. The van der Waals surface area contributed by atoms with Crippen LogP contribution in [0, 0.1) is 0 Å². The molecule has 2 aliphatic heterocycles. The first-order valence-corrected chi connectivity index (χ1v) is 11.2. The van der Waals surface area contributed by atoms with Crippen molar-refractivity contribution in [2.75, 3.05) is 39.3 Å². The first-order valence-electron chi connectivity index (χ1n) is 9.82. The van der Waals surface area contributed by atoms with Gasteiger partial charge in [-0.15, -0.1) is 0 Å². The zero-order valence-electron chi connectivity index (χ0n) is 15.9. The Morgan fingerprint density at radius 1 is 0.923 bits per heavy atom. The Labute approximate surface area is 157 Å². The van der Waals surface area contributed by atoms with Gasteiger partial charge in [0.2, 0.25) is 0 Å². The van der Waals surface area contributed by atoms with Gasteiger partial charge in [-0.3, -0.25) is 0 Å². The molecular weight excluding hydrogens is 356 g/mol. The van der Waals surface area contributed by atoms with Gasteiger partial charge < -0.3 is 15.0 Å². The number of morpholine rings is 1. The Morgan fingerprint density at radius 3 is 2.08 bits per heavy atom. The van der Waals surface area contributed by atoms with Crippen LogP contribution in [0.1, 0.15) is 46.0 Å². The zero-order chi connectivity index (χ0) is 18.7. The summed E-state index contributed by atoms with van der Waals surface area (Å²) >= 11 is 0. The minimum atomic E-state index is -3.50. The molecule has 3 fully saturated rings. The van der Waals surface area contributed by atoms with Crippen molar-refractivity contribution < 1.29 is 17.9 Å². The fourth-order valence-electron chi connectivity index (χ4n) is 4.12. The molecular formula is C17H32N4O4S. The lowest BCUT2D eigenvalue weighted by Crippen LogP contribution is -2.59. The molecule has 2 heterocycles. The smallest absolute Gasteiger partial charge is 0.317 e. The van der Waals surface area contributed by atoms with E-state index in [9.17, 15) is 13.2 Å². The van der Waals surface area contributed by atoms with Crippen LogP contribution in [0.15, 0.2) is 0 Å². The summed E-state index contributed by atoms with van der Waals surface area (Å²) in [5, 5.41) is 3.11. The molecule has 1 N–H and O–H groups in total.